The molecule has 0 radical (unpaired) electrons. The molecule has 20 heavy (non-hydrogen) atoms. The van der Waals surface area contributed by atoms with E-state index >= 15 is 0 Å². The summed E-state index contributed by atoms with van der Waals surface area (Å²) in [6.07, 6.45) is 2.48. The molecule has 1 N–H and O–H groups in total. The molecule has 1 aliphatic carbocycles. The Hall–Kier alpha value is -1.86. The number of carbonyl (C=O) groups excluding carboxylic acids is 2. The third kappa shape index (κ3) is 5.85. The van der Waals surface area contributed by atoms with Crippen molar-refractivity contribution in [1.82, 2.24) is 10.2 Å². The van der Waals surface area contributed by atoms with Crippen LogP contribution in [-0.2, 0) is 14.4 Å². The van der Waals surface area contributed by atoms with Gasteiger partial charge in [0.05, 0.1) is 0 Å². The van der Waals surface area contributed by atoms with Crippen molar-refractivity contribution in [1.29, 1.82) is 0 Å². The average Bonchev–Trinajstić information content (AvgIpc) is 2.35. The first-order valence-electron chi connectivity index (χ1n) is 6.69. The summed E-state index contributed by atoms with van der Waals surface area (Å²) in [6.45, 7) is 0. The smallest absolute Gasteiger partial charge is 0.294 e. The van der Waals surface area contributed by atoms with E-state index in [0.29, 0.717) is 12.8 Å². The molecular weight excluding hydrogens is 266 g/mol. The molecule has 1 aliphatic rings. The van der Waals surface area contributed by atoms with Gasteiger partial charge in [-0.3, -0.25) is 9.59 Å². The van der Waals surface area contributed by atoms with Crippen molar-refractivity contribution in [3.8, 4) is 0 Å². The van der Waals surface area contributed by atoms with Crippen molar-refractivity contribution in [2.45, 2.75) is 50.7 Å². The largest absolute Gasteiger partial charge is 0.353 e. The van der Waals surface area contributed by atoms with E-state index in [-0.39, 0.29) is 30.7 Å². The zero-order chi connectivity index (χ0) is 15.1. The van der Waals surface area contributed by atoms with Crippen LogP contribution in [0.4, 0.5) is 0 Å². The zero-order valence-corrected chi connectivity index (χ0v) is 11.8. The topological polar surface area (TPSA) is 102 Å². The molecule has 1 fully saturated rings. The molecule has 8 heteroatoms. The quantitative estimate of drug-likeness (QED) is 0.566. The van der Waals surface area contributed by atoms with Crippen molar-refractivity contribution in [2.24, 2.45) is 0 Å². The van der Waals surface area contributed by atoms with Crippen LogP contribution in [-0.4, -0.2) is 48.0 Å². The van der Waals surface area contributed by atoms with Gasteiger partial charge < -0.3 is 15.1 Å². The lowest BCUT2D eigenvalue weighted by molar-refractivity contribution is -0.769. The second-order valence-corrected chi connectivity index (χ2v) is 5.17. The molecule has 8 nitrogen and oxygen atoms in total. The third-order valence-electron chi connectivity index (χ3n) is 3.29. The third-order valence-corrected chi connectivity index (χ3v) is 3.29. The van der Waals surface area contributed by atoms with Crippen molar-refractivity contribution >= 4 is 11.8 Å². The summed E-state index contributed by atoms with van der Waals surface area (Å²) < 4.78 is 0. The number of hydrogen-bond donors (Lipinski definition) is 1. The summed E-state index contributed by atoms with van der Waals surface area (Å²) in [4.78, 5) is 39.3. The van der Waals surface area contributed by atoms with Gasteiger partial charge in [-0.1, -0.05) is 0 Å². The van der Waals surface area contributed by atoms with Gasteiger partial charge in [-0.2, -0.15) is 0 Å². The van der Waals surface area contributed by atoms with E-state index in [4.69, 9.17) is 0 Å². The van der Waals surface area contributed by atoms with E-state index in [1.54, 1.807) is 14.1 Å². The first-order valence-corrected chi connectivity index (χ1v) is 6.69. The summed E-state index contributed by atoms with van der Waals surface area (Å²) in [5.41, 5.74) is 0. The van der Waals surface area contributed by atoms with Crippen LogP contribution in [0.15, 0.2) is 0 Å². The second-order valence-electron chi connectivity index (χ2n) is 5.17. The highest BCUT2D eigenvalue weighted by molar-refractivity contribution is 5.83. The maximum atomic E-state index is 11.7. The van der Waals surface area contributed by atoms with Crippen LogP contribution in [0.5, 0.6) is 0 Å². The van der Waals surface area contributed by atoms with Gasteiger partial charge >= 0.3 is 0 Å². The molecule has 0 heterocycles. The van der Waals surface area contributed by atoms with Crippen LogP contribution < -0.4 is 5.32 Å². The van der Waals surface area contributed by atoms with E-state index in [1.165, 1.54) is 4.90 Å². The van der Waals surface area contributed by atoms with Crippen LogP contribution >= 0.6 is 0 Å². The van der Waals surface area contributed by atoms with E-state index in [9.17, 15) is 19.7 Å². The fraction of sp³-hybridized carbons (Fsp3) is 0.833. The molecule has 0 bridgehead atoms. The fourth-order valence-electron chi connectivity index (χ4n) is 2.24. The van der Waals surface area contributed by atoms with Crippen LogP contribution in [0.2, 0.25) is 0 Å². The lowest BCUT2D eigenvalue weighted by Gasteiger charge is -2.28. The van der Waals surface area contributed by atoms with E-state index in [1.807, 2.05) is 0 Å². The summed E-state index contributed by atoms with van der Waals surface area (Å²) in [5, 5.41) is 12.3. The SMILES string of the molecule is CN(C)C(=O)CCC(=O)N[C@H]1CCC[C@@H](O[N+](=O)[O-])C1. The molecule has 0 unspecified atom stereocenters. The zero-order valence-electron chi connectivity index (χ0n) is 11.8. The molecule has 0 saturated heterocycles. The number of hydrogen-bond acceptors (Lipinski definition) is 5. The molecule has 0 aromatic rings. The maximum absolute atomic E-state index is 11.7. The molecule has 0 aromatic heterocycles. The summed E-state index contributed by atoms with van der Waals surface area (Å²) in [5.74, 6) is -0.301. The molecule has 2 atom stereocenters. The molecular formula is C12H21N3O5. The predicted molar refractivity (Wildman–Crippen MR) is 70.2 cm³/mol. The second kappa shape index (κ2) is 7.66. The highest BCUT2D eigenvalue weighted by atomic mass is 17.0. The lowest BCUT2D eigenvalue weighted by Crippen LogP contribution is -2.41. The molecule has 0 aliphatic heterocycles. The van der Waals surface area contributed by atoms with Gasteiger partial charge in [-0.25, -0.2) is 0 Å². The number of amides is 2. The van der Waals surface area contributed by atoms with E-state index in [0.717, 1.165) is 12.8 Å². The van der Waals surface area contributed by atoms with Gasteiger partial charge in [-0.15, -0.1) is 10.1 Å². The highest BCUT2D eigenvalue weighted by Crippen LogP contribution is 2.21. The number of nitrogens with one attached hydrogen (secondary N) is 1. The number of rotatable bonds is 6. The van der Waals surface area contributed by atoms with E-state index < -0.39 is 11.2 Å². The fourth-order valence-corrected chi connectivity index (χ4v) is 2.24. The minimum Gasteiger partial charge on any atom is -0.353 e. The van der Waals surface area contributed by atoms with Crippen molar-refractivity contribution < 1.29 is 19.5 Å². The molecule has 1 rings (SSSR count). The number of nitrogens with zero attached hydrogens (tertiary/aromatic N) is 2. The van der Waals surface area contributed by atoms with Gasteiger partial charge in [0, 0.05) is 33.0 Å². The Bertz CT molecular complexity index is 372. The van der Waals surface area contributed by atoms with Crippen molar-refractivity contribution in [2.75, 3.05) is 14.1 Å². The minimum absolute atomic E-state index is 0.0987. The Kier molecular flexibility index (Phi) is 6.20. The molecule has 0 spiro atoms. The first-order chi connectivity index (χ1) is 9.38. The minimum atomic E-state index is -0.787. The van der Waals surface area contributed by atoms with Gasteiger partial charge in [-0.05, 0) is 25.7 Å². The summed E-state index contributed by atoms with van der Waals surface area (Å²) >= 11 is 0. The Morgan fingerprint density at radius 2 is 2.05 bits per heavy atom. The predicted octanol–water partition coefficient (Wildman–Crippen LogP) is 0.491. The van der Waals surface area contributed by atoms with Gasteiger partial charge in [0.25, 0.3) is 5.09 Å². The normalized spacial score (nSPS) is 21.9. The van der Waals surface area contributed by atoms with Crippen LogP contribution in [0.25, 0.3) is 0 Å². The van der Waals surface area contributed by atoms with Gasteiger partial charge in [0.2, 0.25) is 11.8 Å². The monoisotopic (exact) mass is 287 g/mol. The van der Waals surface area contributed by atoms with Gasteiger partial charge in [0.1, 0.15) is 6.10 Å². The molecule has 1 saturated carbocycles. The summed E-state index contributed by atoms with van der Waals surface area (Å²) in [7, 11) is 3.28. The van der Waals surface area contributed by atoms with Gasteiger partial charge in [0.15, 0.2) is 0 Å². The highest BCUT2D eigenvalue weighted by Gasteiger charge is 2.25. The van der Waals surface area contributed by atoms with Crippen LogP contribution in [0.3, 0.4) is 0 Å². The van der Waals surface area contributed by atoms with E-state index in [2.05, 4.69) is 10.2 Å². The Labute approximate surface area is 117 Å². The average molecular weight is 287 g/mol. The Morgan fingerprint density at radius 3 is 2.65 bits per heavy atom. The van der Waals surface area contributed by atoms with Crippen LogP contribution in [0.1, 0.15) is 38.5 Å². The maximum Gasteiger partial charge on any atom is 0.294 e. The number of carbonyl (C=O) groups is 2. The standard InChI is InChI=1S/C12H21N3O5/c1-14(2)12(17)7-6-11(16)13-9-4-3-5-10(8-9)20-15(18)19/h9-10H,3-8H2,1-2H3,(H,13,16)/t9-,10+/m0/s1. The lowest BCUT2D eigenvalue weighted by atomic mass is 9.93. The molecule has 0 aromatic carbocycles. The Morgan fingerprint density at radius 1 is 1.35 bits per heavy atom. The Balaban J connectivity index is 2.30. The molecule has 114 valence electrons. The summed E-state index contributed by atoms with van der Waals surface area (Å²) in [6, 6.07) is -0.115. The van der Waals surface area contributed by atoms with Crippen molar-refractivity contribution in [3.05, 3.63) is 10.1 Å². The van der Waals surface area contributed by atoms with Crippen molar-refractivity contribution in [3.63, 3.8) is 0 Å². The molecule has 2 amide bonds. The van der Waals surface area contributed by atoms with Crippen LogP contribution in [0, 0.1) is 10.1 Å². The first kappa shape index (κ1) is 16.2.